The van der Waals surface area contributed by atoms with Gasteiger partial charge in [-0.05, 0) is 47.0 Å². The van der Waals surface area contributed by atoms with E-state index in [1.807, 2.05) is 85.7 Å². The summed E-state index contributed by atoms with van der Waals surface area (Å²) in [6, 6.07) is 20.1. The number of aromatic nitrogens is 1. The van der Waals surface area contributed by atoms with Crippen molar-refractivity contribution < 1.29 is 19.1 Å². The summed E-state index contributed by atoms with van der Waals surface area (Å²) in [7, 11) is 5.54. The molecule has 3 heterocycles. The summed E-state index contributed by atoms with van der Waals surface area (Å²) in [6.07, 6.45) is 1.38. The summed E-state index contributed by atoms with van der Waals surface area (Å²) in [5, 5.41) is 6.71. The number of nitrogens with one attached hydrogen (secondary N) is 1. The third kappa shape index (κ3) is 6.64. The molecular weight excluding hydrogens is 629 g/mol. The molecule has 3 N–H and O–H groups in total. The number of carbonyl (C=O) groups excluding carboxylic acids is 3. The molecule has 2 fully saturated rings. The maximum atomic E-state index is 14.3. The lowest BCUT2D eigenvalue weighted by molar-refractivity contribution is -0.157. The van der Waals surface area contributed by atoms with Crippen LogP contribution in [0.5, 0.6) is 5.75 Å². The number of nitrogens with two attached hydrogens (primary N) is 1. The first-order valence-corrected chi connectivity index (χ1v) is 16.5. The standard InChI is InChI=1S/C35H40N8O4S/c1-5-17-41(35(46)37-19-24-11-15-27(47-4)16-12-24)42-22-31(44)43-28(18-23-9-13-26(14-10-23)39(2)3)33(45)40(21-30(42)43)20-25-7-6-8-29-32(25)38-34(36)48-29/h5-16,28,30H,1,17-22H2,2-4H3,(H2,36,38)(H,37,46)/t28-,30+/m0/s1. The van der Waals surface area contributed by atoms with Crippen molar-refractivity contribution in [2.24, 2.45) is 0 Å². The maximum Gasteiger partial charge on any atom is 0.332 e. The summed E-state index contributed by atoms with van der Waals surface area (Å²) in [5.74, 6) is 0.356. The fourth-order valence-electron chi connectivity index (χ4n) is 6.34. The molecule has 2 saturated heterocycles. The fraction of sp³-hybridized carbons (Fsp3) is 0.314. The van der Waals surface area contributed by atoms with Gasteiger partial charge in [0.2, 0.25) is 11.8 Å². The Kier molecular flexibility index (Phi) is 9.51. The Labute approximate surface area is 283 Å². The van der Waals surface area contributed by atoms with Gasteiger partial charge in [-0.1, -0.05) is 53.8 Å². The number of benzene rings is 3. The van der Waals surface area contributed by atoms with E-state index in [4.69, 9.17) is 10.5 Å². The van der Waals surface area contributed by atoms with E-state index in [0.29, 0.717) is 11.6 Å². The van der Waals surface area contributed by atoms with Crippen LogP contribution in [-0.4, -0.2) is 95.7 Å². The van der Waals surface area contributed by atoms with Gasteiger partial charge in [0.1, 0.15) is 18.0 Å². The van der Waals surface area contributed by atoms with Crippen molar-refractivity contribution in [2.45, 2.75) is 31.7 Å². The molecular formula is C35H40N8O4S. The van der Waals surface area contributed by atoms with Crippen LogP contribution < -0.4 is 20.7 Å². The first-order chi connectivity index (χ1) is 23.2. The average Bonchev–Trinajstić information content (AvgIpc) is 3.63. The lowest BCUT2D eigenvalue weighted by Gasteiger charge is -2.46. The van der Waals surface area contributed by atoms with Crippen molar-refractivity contribution in [1.82, 2.24) is 30.1 Å². The molecule has 0 spiro atoms. The zero-order valence-electron chi connectivity index (χ0n) is 27.3. The second kappa shape index (κ2) is 13.9. The number of anilines is 2. The summed E-state index contributed by atoms with van der Waals surface area (Å²) < 4.78 is 6.18. The van der Waals surface area contributed by atoms with Gasteiger partial charge in [0.15, 0.2) is 5.13 Å². The summed E-state index contributed by atoms with van der Waals surface area (Å²) in [4.78, 5) is 51.8. The van der Waals surface area contributed by atoms with Crippen molar-refractivity contribution in [2.75, 3.05) is 51.5 Å². The highest BCUT2D eigenvalue weighted by molar-refractivity contribution is 7.22. The van der Waals surface area contributed by atoms with E-state index >= 15 is 0 Å². The number of methoxy groups -OCH3 is 1. The van der Waals surface area contributed by atoms with Crippen LogP contribution in [0.25, 0.3) is 10.2 Å². The highest BCUT2D eigenvalue weighted by Crippen LogP contribution is 2.32. The maximum absolute atomic E-state index is 14.3. The number of thiazole rings is 1. The normalized spacial score (nSPS) is 17.8. The first-order valence-electron chi connectivity index (χ1n) is 15.7. The number of nitrogen functional groups attached to an aromatic ring is 1. The molecule has 3 aromatic carbocycles. The van der Waals surface area contributed by atoms with Crippen LogP contribution in [0.15, 0.2) is 79.4 Å². The van der Waals surface area contributed by atoms with Gasteiger partial charge in [-0.2, -0.15) is 5.01 Å². The van der Waals surface area contributed by atoms with Crippen LogP contribution in [-0.2, 0) is 29.1 Å². The molecule has 0 saturated carbocycles. The van der Waals surface area contributed by atoms with Gasteiger partial charge in [0.05, 0.1) is 37.0 Å². The fourth-order valence-corrected chi connectivity index (χ4v) is 7.12. The molecule has 48 heavy (non-hydrogen) atoms. The number of urea groups is 1. The van der Waals surface area contributed by atoms with Crippen molar-refractivity contribution in [3.05, 3.63) is 96.1 Å². The van der Waals surface area contributed by atoms with Gasteiger partial charge in [-0.25, -0.2) is 9.78 Å². The Morgan fingerprint density at radius 2 is 1.83 bits per heavy atom. The zero-order chi connectivity index (χ0) is 33.9. The molecule has 6 rings (SSSR count). The zero-order valence-corrected chi connectivity index (χ0v) is 28.2. The Morgan fingerprint density at radius 1 is 1.10 bits per heavy atom. The molecule has 0 aliphatic carbocycles. The molecule has 4 aromatic rings. The quantitative estimate of drug-likeness (QED) is 0.232. The molecule has 2 atom stereocenters. The van der Waals surface area contributed by atoms with Gasteiger partial charge in [-0.15, -0.1) is 6.58 Å². The molecule has 1 aromatic heterocycles. The van der Waals surface area contributed by atoms with Crippen LogP contribution >= 0.6 is 11.3 Å². The second-order valence-electron chi connectivity index (χ2n) is 12.1. The van der Waals surface area contributed by atoms with Crippen LogP contribution in [0.4, 0.5) is 15.6 Å². The summed E-state index contributed by atoms with van der Waals surface area (Å²) in [6.45, 7) is 4.77. The molecule has 0 unspecified atom stereocenters. The minimum atomic E-state index is -0.765. The topological polar surface area (TPSA) is 128 Å². The van der Waals surface area contributed by atoms with Crippen LogP contribution in [0.3, 0.4) is 0 Å². The van der Waals surface area contributed by atoms with Gasteiger partial charge in [0, 0.05) is 39.3 Å². The molecule has 4 amide bonds. The van der Waals surface area contributed by atoms with Crippen molar-refractivity contribution in [3.8, 4) is 5.75 Å². The number of hydrogen-bond acceptors (Lipinski definition) is 9. The number of piperazine rings is 1. The Morgan fingerprint density at radius 3 is 2.52 bits per heavy atom. The molecule has 2 aliphatic heterocycles. The van der Waals surface area contributed by atoms with Crippen molar-refractivity contribution in [1.29, 1.82) is 0 Å². The number of para-hydroxylation sites is 1. The predicted molar refractivity (Wildman–Crippen MR) is 187 cm³/mol. The van der Waals surface area contributed by atoms with E-state index in [2.05, 4.69) is 16.9 Å². The molecule has 2 aliphatic rings. The SMILES string of the molecule is C=CCN(C(=O)NCc1ccc(OC)cc1)N1CC(=O)N2[C@@H](Cc3ccc(N(C)C)cc3)C(=O)N(Cc3cccc4sc(N)nc34)C[C@@H]21. The van der Waals surface area contributed by atoms with Crippen molar-refractivity contribution in [3.63, 3.8) is 0 Å². The summed E-state index contributed by atoms with van der Waals surface area (Å²) in [5.41, 5.74) is 10.5. The van der Waals surface area contributed by atoms with E-state index < -0.39 is 12.2 Å². The number of rotatable bonds is 11. The number of carbonyl (C=O) groups is 3. The van der Waals surface area contributed by atoms with E-state index in [1.165, 1.54) is 16.3 Å². The number of amides is 4. The van der Waals surface area contributed by atoms with Gasteiger partial charge >= 0.3 is 6.03 Å². The van der Waals surface area contributed by atoms with E-state index in [1.54, 1.807) is 28.0 Å². The molecule has 0 radical (unpaired) electrons. The first kappa shape index (κ1) is 32.8. The molecule has 250 valence electrons. The monoisotopic (exact) mass is 668 g/mol. The Hall–Kier alpha value is -5.14. The van der Waals surface area contributed by atoms with Crippen molar-refractivity contribution >= 4 is 50.2 Å². The van der Waals surface area contributed by atoms with E-state index in [9.17, 15) is 14.4 Å². The lowest BCUT2D eigenvalue weighted by Crippen LogP contribution is -2.66. The Bertz CT molecular complexity index is 1810. The number of hydrazine groups is 1. The molecule has 12 nitrogen and oxygen atoms in total. The third-order valence-electron chi connectivity index (χ3n) is 8.78. The number of fused-ring (bicyclic) bond motifs is 2. The van der Waals surface area contributed by atoms with Crippen LogP contribution in [0.2, 0.25) is 0 Å². The van der Waals surface area contributed by atoms with E-state index in [-0.39, 0.29) is 50.6 Å². The molecule has 13 heteroatoms. The second-order valence-corrected chi connectivity index (χ2v) is 13.1. The predicted octanol–water partition coefficient (Wildman–Crippen LogP) is 3.69. The van der Waals surface area contributed by atoms with Gasteiger partial charge in [0.25, 0.3) is 0 Å². The lowest BCUT2D eigenvalue weighted by atomic mass is 9.99. The smallest absolute Gasteiger partial charge is 0.332 e. The Balaban J connectivity index is 1.30. The number of hydrogen-bond donors (Lipinski definition) is 2. The summed E-state index contributed by atoms with van der Waals surface area (Å²) >= 11 is 1.40. The number of nitrogens with zero attached hydrogens (tertiary/aromatic N) is 6. The van der Waals surface area contributed by atoms with E-state index in [0.717, 1.165) is 38.3 Å². The average molecular weight is 669 g/mol. The minimum Gasteiger partial charge on any atom is -0.497 e. The van der Waals surface area contributed by atoms with Gasteiger partial charge in [-0.3, -0.25) is 14.6 Å². The van der Waals surface area contributed by atoms with Crippen LogP contribution in [0, 0.1) is 0 Å². The molecule has 0 bridgehead atoms. The minimum absolute atomic E-state index is 0.0517. The third-order valence-corrected chi connectivity index (χ3v) is 9.63. The largest absolute Gasteiger partial charge is 0.497 e. The highest BCUT2D eigenvalue weighted by atomic mass is 32.1. The highest BCUT2D eigenvalue weighted by Gasteiger charge is 2.52. The number of ether oxygens (including phenoxy) is 1. The van der Waals surface area contributed by atoms with Gasteiger partial charge < -0.3 is 30.5 Å². The van der Waals surface area contributed by atoms with Crippen LogP contribution in [0.1, 0.15) is 16.7 Å².